The average molecular weight is 710 g/mol. The second kappa shape index (κ2) is 16.8. The topological polar surface area (TPSA) is 237 Å². The van der Waals surface area contributed by atoms with Crippen molar-refractivity contribution in [3.05, 3.63) is 77.4 Å². The lowest BCUT2D eigenvalue weighted by Crippen LogP contribution is -2.65. The van der Waals surface area contributed by atoms with E-state index in [9.17, 15) is 43.4 Å². The van der Waals surface area contributed by atoms with E-state index >= 15 is 0 Å². The number of primary amides is 1. The Morgan fingerprint density at radius 3 is 2.20 bits per heavy atom. The lowest BCUT2D eigenvalue weighted by molar-refractivity contribution is -0.139. The third kappa shape index (κ3) is 10.9. The molecule has 2 atom stereocenters. The first-order valence-corrected chi connectivity index (χ1v) is 18.2. The number of hydrogen-bond donors (Lipinski definition) is 8. The van der Waals surface area contributed by atoms with E-state index in [0.29, 0.717) is 30.4 Å². The summed E-state index contributed by atoms with van der Waals surface area (Å²) in [5.41, 5.74) is 5.91. The summed E-state index contributed by atoms with van der Waals surface area (Å²) in [6, 6.07) is 14.5. The molecule has 0 bridgehead atoms. The standard InChI is InChI=1S/C35H44N5O9P/c1-22(41)38-29(18-23-8-10-24(11-9-23)21-50(47,48)49)33(45)40-35(15-3-2-4-16-35)34(46)39-30(20-31(36)43)32(44)37-17-14-26-7-5-6-25-12-13-27(42)19-28(25)26/h5-13,19,29-30,42H,2-4,14-18,20-21H2,1H3,(H2,36,43)(H,37,44)(H,38,41)(H,39,46)(H,40,45)(H2,47,48,49)/t29-,30-/m0/s1. The van der Waals surface area contributed by atoms with Crippen molar-refractivity contribution < 1.29 is 43.4 Å². The number of phenolic OH excluding ortho intramolecular Hbond substituents is 1. The van der Waals surface area contributed by atoms with Gasteiger partial charge in [0.15, 0.2) is 0 Å². The van der Waals surface area contributed by atoms with E-state index in [1.807, 2.05) is 18.2 Å². The molecule has 268 valence electrons. The summed E-state index contributed by atoms with van der Waals surface area (Å²) >= 11 is 0. The van der Waals surface area contributed by atoms with Crippen LogP contribution in [0.25, 0.3) is 10.8 Å². The lowest BCUT2D eigenvalue weighted by atomic mass is 9.80. The van der Waals surface area contributed by atoms with Gasteiger partial charge in [-0.25, -0.2) is 0 Å². The van der Waals surface area contributed by atoms with Crippen LogP contribution in [0, 0.1) is 0 Å². The second-order valence-corrected chi connectivity index (χ2v) is 14.4. The fraction of sp³-hybridized carbons (Fsp3) is 0.400. The molecule has 14 nitrogen and oxygen atoms in total. The van der Waals surface area contributed by atoms with Crippen molar-refractivity contribution in [2.24, 2.45) is 5.73 Å². The van der Waals surface area contributed by atoms with Crippen LogP contribution in [-0.4, -0.2) is 68.6 Å². The summed E-state index contributed by atoms with van der Waals surface area (Å²) in [6.45, 7) is 1.42. The first-order chi connectivity index (χ1) is 23.6. The van der Waals surface area contributed by atoms with Crippen LogP contribution in [0.5, 0.6) is 5.75 Å². The number of phenols is 1. The minimum atomic E-state index is -4.27. The van der Waals surface area contributed by atoms with Gasteiger partial charge in [-0.05, 0) is 58.9 Å². The number of rotatable bonds is 15. The smallest absolute Gasteiger partial charge is 0.329 e. The van der Waals surface area contributed by atoms with Crippen molar-refractivity contribution in [1.82, 2.24) is 21.3 Å². The van der Waals surface area contributed by atoms with Crippen LogP contribution in [0.2, 0.25) is 0 Å². The molecule has 1 fully saturated rings. The molecule has 9 N–H and O–H groups in total. The highest BCUT2D eigenvalue weighted by molar-refractivity contribution is 7.50. The summed E-state index contributed by atoms with van der Waals surface area (Å²) in [5.74, 6) is -3.09. The minimum Gasteiger partial charge on any atom is -0.508 e. The summed E-state index contributed by atoms with van der Waals surface area (Å²) in [6.07, 6.45) is 2.06. The van der Waals surface area contributed by atoms with Gasteiger partial charge in [0.05, 0.1) is 12.6 Å². The average Bonchev–Trinajstić information content (AvgIpc) is 3.04. The van der Waals surface area contributed by atoms with E-state index in [1.54, 1.807) is 30.3 Å². The molecule has 1 saturated carbocycles. The second-order valence-electron chi connectivity index (χ2n) is 12.8. The van der Waals surface area contributed by atoms with Crippen LogP contribution in [-0.2, 0) is 47.5 Å². The zero-order chi connectivity index (χ0) is 36.5. The fourth-order valence-corrected chi connectivity index (χ4v) is 6.98. The highest BCUT2D eigenvalue weighted by Gasteiger charge is 2.43. The highest BCUT2D eigenvalue weighted by atomic mass is 31.2. The van der Waals surface area contributed by atoms with E-state index in [-0.39, 0.29) is 31.6 Å². The summed E-state index contributed by atoms with van der Waals surface area (Å²) < 4.78 is 11.4. The normalized spacial score (nSPS) is 15.3. The maximum absolute atomic E-state index is 13.9. The number of benzene rings is 3. The molecule has 0 unspecified atom stereocenters. The molecule has 0 aliphatic heterocycles. The maximum Gasteiger partial charge on any atom is 0.329 e. The van der Waals surface area contributed by atoms with Gasteiger partial charge in [0.1, 0.15) is 23.4 Å². The number of carbonyl (C=O) groups excluding carboxylic acids is 5. The van der Waals surface area contributed by atoms with E-state index in [2.05, 4.69) is 21.3 Å². The van der Waals surface area contributed by atoms with Crippen LogP contribution in [0.1, 0.15) is 62.1 Å². The zero-order valence-electron chi connectivity index (χ0n) is 27.8. The monoisotopic (exact) mass is 709 g/mol. The van der Waals surface area contributed by atoms with Gasteiger partial charge in [0, 0.05) is 19.9 Å². The van der Waals surface area contributed by atoms with Gasteiger partial charge in [-0.3, -0.25) is 28.5 Å². The van der Waals surface area contributed by atoms with Crippen molar-refractivity contribution in [2.75, 3.05) is 6.54 Å². The van der Waals surface area contributed by atoms with Gasteiger partial charge >= 0.3 is 7.60 Å². The minimum absolute atomic E-state index is 0.0301. The van der Waals surface area contributed by atoms with Gasteiger partial charge in [-0.1, -0.05) is 67.8 Å². The Labute approximate surface area is 289 Å². The molecule has 0 heterocycles. The quantitative estimate of drug-likeness (QED) is 0.107. The summed E-state index contributed by atoms with van der Waals surface area (Å²) in [5, 5.41) is 22.6. The van der Waals surface area contributed by atoms with Crippen LogP contribution in [0.3, 0.4) is 0 Å². The molecule has 3 aromatic carbocycles. The number of carbonyl (C=O) groups is 5. The SMILES string of the molecule is CC(=O)N[C@@H](Cc1ccc(CP(=O)(O)O)cc1)C(=O)NC1(C(=O)N[C@@H](CC(N)=O)C(=O)NCCc2cccc3ccc(O)cc23)CCCCC1. The Bertz CT molecular complexity index is 1770. The number of nitrogens with one attached hydrogen (secondary N) is 4. The Morgan fingerprint density at radius 2 is 1.56 bits per heavy atom. The largest absolute Gasteiger partial charge is 0.508 e. The first-order valence-electron chi connectivity index (χ1n) is 16.4. The molecule has 50 heavy (non-hydrogen) atoms. The van der Waals surface area contributed by atoms with Gasteiger partial charge in [-0.15, -0.1) is 0 Å². The number of fused-ring (bicyclic) bond motifs is 1. The number of hydrogen-bond acceptors (Lipinski definition) is 7. The van der Waals surface area contributed by atoms with Crippen LogP contribution in [0.4, 0.5) is 0 Å². The predicted molar refractivity (Wildman–Crippen MR) is 186 cm³/mol. The van der Waals surface area contributed by atoms with Crippen LogP contribution >= 0.6 is 7.60 Å². The van der Waals surface area contributed by atoms with Gasteiger partial charge in [-0.2, -0.15) is 0 Å². The van der Waals surface area contributed by atoms with Crippen LogP contribution in [0.15, 0.2) is 60.7 Å². The van der Waals surface area contributed by atoms with Gasteiger partial charge in [0.25, 0.3) is 0 Å². The third-order valence-electron chi connectivity index (χ3n) is 8.73. The van der Waals surface area contributed by atoms with E-state index in [0.717, 1.165) is 22.8 Å². The van der Waals surface area contributed by atoms with Crippen molar-refractivity contribution >= 4 is 47.9 Å². The molecule has 15 heteroatoms. The van der Waals surface area contributed by atoms with Crippen LogP contribution < -0.4 is 27.0 Å². The van der Waals surface area contributed by atoms with Crippen molar-refractivity contribution in [3.63, 3.8) is 0 Å². The van der Waals surface area contributed by atoms with E-state index in [1.165, 1.54) is 19.1 Å². The predicted octanol–water partition coefficient (Wildman–Crippen LogP) is 1.81. The first kappa shape index (κ1) is 38.0. The highest BCUT2D eigenvalue weighted by Crippen LogP contribution is 2.39. The molecule has 5 amide bonds. The van der Waals surface area contributed by atoms with Gasteiger partial charge < -0.3 is 41.9 Å². The van der Waals surface area contributed by atoms with E-state index < -0.39 is 67.3 Å². The summed E-state index contributed by atoms with van der Waals surface area (Å²) in [4.78, 5) is 83.6. The molecule has 0 spiro atoms. The Balaban J connectivity index is 1.46. The molecule has 3 aromatic rings. The Hall–Kier alpha value is -4.78. The third-order valence-corrected chi connectivity index (χ3v) is 9.50. The van der Waals surface area contributed by atoms with Crippen molar-refractivity contribution in [2.45, 2.75) is 82.1 Å². The molecular formula is C35H44N5O9P. The molecule has 0 saturated heterocycles. The molecule has 1 aliphatic carbocycles. The Morgan fingerprint density at radius 1 is 0.880 bits per heavy atom. The van der Waals surface area contributed by atoms with E-state index in [4.69, 9.17) is 5.73 Å². The van der Waals surface area contributed by atoms with Gasteiger partial charge in [0.2, 0.25) is 29.5 Å². The zero-order valence-corrected chi connectivity index (χ0v) is 28.7. The maximum atomic E-state index is 13.9. The summed E-state index contributed by atoms with van der Waals surface area (Å²) in [7, 11) is -4.27. The molecule has 1 aliphatic rings. The molecule has 0 radical (unpaired) electrons. The Kier molecular flexibility index (Phi) is 12.7. The molecular weight excluding hydrogens is 665 g/mol. The number of aromatic hydroxyl groups is 1. The lowest BCUT2D eigenvalue weighted by Gasteiger charge is -2.38. The van der Waals surface area contributed by atoms with Crippen molar-refractivity contribution in [3.8, 4) is 5.75 Å². The van der Waals surface area contributed by atoms with Crippen molar-refractivity contribution in [1.29, 1.82) is 0 Å². The number of nitrogens with two attached hydrogens (primary N) is 1. The molecule has 0 aromatic heterocycles. The molecule has 4 rings (SSSR count). The fourth-order valence-electron chi connectivity index (χ4n) is 6.29. The number of amides is 5.